The van der Waals surface area contributed by atoms with Crippen molar-refractivity contribution in [3.8, 4) is 0 Å². The van der Waals surface area contributed by atoms with E-state index in [1.807, 2.05) is 0 Å². The highest BCUT2D eigenvalue weighted by Gasteiger charge is 2.53. The number of alkyl halides is 3. The molecule has 0 saturated carbocycles. The van der Waals surface area contributed by atoms with Crippen molar-refractivity contribution >= 4 is 43.0 Å². The minimum absolute atomic E-state index is 0.0372. The molecule has 1 unspecified atom stereocenters. The van der Waals surface area contributed by atoms with Gasteiger partial charge >= 0.3 is 6.18 Å². The molecule has 1 heterocycles. The minimum atomic E-state index is -4.77. The average molecular weight is 340 g/mol. The maximum absolute atomic E-state index is 12.8. The number of aliphatic hydroxyl groups is 1. The first-order valence-electron chi connectivity index (χ1n) is 4.92. The van der Waals surface area contributed by atoms with Crippen LogP contribution in [0.5, 0.6) is 0 Å². The fraction of sp³-hybridized carbons (Fsp3) is 0.273. The predicted octanol–water partition coefficient (Wildman–Crippen LogP) is 4.02. The first-order chi connectivity index (χ1) is 8.16. The molecule has 0 radical (unpaired) electrons. The molecule has 0 amide bonds. The molecular formula is C11H9BrF3NOS. The van der Waals surface area contributed by atoms with Crippen molar-refractivity contribution in [1.29, 1.82) is 0 Å². The fourth-order valence-electron chi connectivity index (χ4n) is 1.62. The van der Waals surface area contributed by atoms with Crippen LogP contribution >= 0.6 is 27.3 Å². The summed E-state index contributed by atoms with van der Waals surface area (Å²) in [4.78, 5) is -0.281. The summed E-state index contributed by atoms with van der Waals surface area (Å²) in [7, 11) is 0. The van der Waals surface area contributed by atoms with Crippen LogP contribution in [0.4, 0.5) is 18.9 Å². The highest BCUT2D eigenvalue weighted by molar-refractivity contribution is 9.10. The maximum atomic E-state index is 12.8. The molecule has 3 N–H and O–H groups in total. The number of hydrogen-bond donors (Lipinski definition) is 2. The summed E-state index contributed by atoms with van der Waals surface area (Å²) in [5.74, 6) is 0. The van der Waals surface area contributed by atoms with Crippen LogP contribution in [0.3, 0.4) is 0 Å². The summed E-state index contributed by atoms with van der Waals surface area (Å²) in [6.07, 6.45) is -4.77. The van der Waals surface area contributed by atoms with Gasteiger partial charge in [0.15, 0.2) is 5.60 Å². The molecule has 0 aliphatic heterocycles. The monoisotopic (exact) mass is 339 g/mol. The van der Waals surface area contributed by atoms with E-state index in [-0.39, 0.29) is 10.6 Å². The van der Waals surface area contributed by atoms with Crippen molar-refractivity contribution in [3.63, 3.8) is 0 Å². The van der Waals surface area contributed by atoms with Gasteiger partial charge < -0.3 is 10.8 Å². The molecule has 2 nitrogen and oxygen atoms in total. The SMILES string of the molecule is CC(O)(c1sc2cccc(Br)c2c1N)C(F)(F)F. The molecule has 1 aromatic carbocycles. The minimum Gasteiger partial charge on any atom is -0.397 e. The molecule has 0 saturated heterocycles. The van der Waals surface area contributed by atoms with Crippen molar-refractivity contribution in [2.24, 2.45) is 0 Å². The van der Waals surface area contributed by atoms with E-state index in [1.54, 1.807) is 18.2 Å². The Bertz CT molecular complexity index is 606. The third-order valence-electron chi connectivity index (χ3n) is 2.70. The lowest BCUT2D eigenvalue weighted by atomic mass is 10.0. The Balaban J connectivity index is 2.75. The zero-order valence-corrected chi connectivity index (χ0v) is 11.6. The van der Waals surface area contributed by atoms with E-state index < -0.39 is 11.8 Å². The van der Waals surface area contributed by atoms with E-state index in [0.29, 0.717) is 21.5 Å². The van der Waals surface area contributed by atoms with Gasteiger partial charge in [-0.15, -0.1) is 11.3 Å². The van der Waals surface area contributed by atoms with Gasteiger partial charge in [0.2, 0.25) is 0 Å². The maximum Gasteiger partial charge on any atom is 0.422 e. The van der Waals surface area contributed by atoms with E-state index in [1.165, 1.54) is 0 Å². The third kappa shape index (κ3) is 1.90. The van der Waals surface area contributed by atoms with E-state index in [4.69, 9.17) is 5.73 Å². The topological polar surface area (TPSA) is 46.2 Å². The number of hydrogen-bond acceptors (Lipinski definition) is 3. The van der Waals surface area contributed by atoms with Crippen LogP contribution in [-0.4, -0.2) is 11.3 Å². The number of rotatable bonds is 1. The molecule has 0 spiro atoms. The van der Waals surface area contributed by atoms with Gasteiger partial charge in [0, 0.05) is 14.6 Å². The molecule has 1 aromatic heterocycles. The smallest absolute Gasteiger partial charge is 0.397 e. The molecule has 1 atom stereocenters. The molecule has 0 bridgehead atoms. The van der Waals surface area contributed by atoms with Gasteiger partial charge in [0.25, 0.3) is 0 Å². The quantitative estimate of drug-likeness (QED) is 0.824. The van der Waals surface area contributed by atoms with Crippen molar-refractivity contribution in [3.05, 3.63) is 27.5 Å². The summed E-state index contributed by atoms with van der Waals surface area (Å²) in [6.45, 7) is 0.710. The second kappa shape index (κ2) is 4.11. The van der Waals surface area contributed by atoms with Crippen LogP contribution in [-0.2, 0) is 5.60 Å². The zero-order valence-electron chi connectivity index (χ0n) is 9.18. The van der Waals surface area contributed by atoms with Gasteiger partial charge in [-0.1, -0.05) is 22.0 Å². The number of thiophene rings is 1. The molecule has 98 valence electrons. The Hall–Kier alpha value is -0.790. The Morgan fingerprint density at radius 2 is 1.94 bits per heavy atom. The zero-order chi connectivity index (χ0) is 13.7. The van der Waals surface area contributed by atoms with Crippen LogP contribution in [0, 0.1) is 0 Å². The number of benzene rings is 1. The van der Waals surface area contributed by atoms with Gasteiger partial charge in [-0.05, 0) is 19.1 Å². The lowest BCUT2D eigenvalue weighted by Crippen LogP contribution is -2.38. The lowest BCUT2D eigenvalue weighted by Gasteiger charge is -2.25. The Labute approximate surface area is 113 Å². The Morgan fingerprint density at radius 3 is 2.44 bits per heavy atom. The van der Waals surface area contributed by atoms with Crippen molar-refractivity contribution in [2.45, 2.75) is 18.7 Å². The lowest BCUT2D eigenvalue weighted by molar-refractivity contribution is -0.257. The first kappa shape index (κ1) is 13.6. The van der Waals surface area contributed by atoms with Gasteiger partial charge in [-0.3, -0.25) is 0 Å². The molecule has 2 rings (SSSR count). The van der Waals surface area contributed by atoms with Crippen molar-refractivity contribution < 1.29 is 18.3 Å². The van der Waals surface area contributed by atoms with Crippen molar-refractivity contribution in [1.82, 2.24) is 0 Å². The normalized spacial score (nSPS) is 15.9. The molecule has 7 heteroatoms. The summed E-state index contributed by atoms with van der Waals surface area (Å²) in [5, 5.41) is 10.2. The number of anilines is 1. The van der Waals surface area contributed by atoms with Crippen LogP contribution in [0.1, 0.15) is 11.8 Å². The van der Waals surface area contributed by atoms with Crippen LogP contribution < -0.4 is 5.73 Å². The highest BCUT2D eigenvalue weighted by atomic mass is 79.9. The second-order valence-corrected chi connectivity index (χ2v) is 5.93. The molecule has 2 aromatic rings. The summed E-state index contributed by atoms with van der Waals surface area (Å²) in [6, 6.07) is 5.06. The van der Waals surface area contributed by atoms with E-state index in [2.05, 4.69) is 15.9 Å². The summed E-state index contributed by atoms with van der Waals surface area (Å²) in [5.41, 5.74) is 2.76. The van der Waals surface area contributed by atoms with Crippen LogP contribution in [0.2, 0.25) is 0 Å². The van der Waals surface area contributed by atoms with E-state index in [9.17, 15) is 18.3 Å². The molecule has 0 aliphatic carbocycles. The third-order valence-corrected chi connectivity index (χ3v) is 4.74. The van der Waals surface area contributed by atoms with Gasteiger partial charge in [-0.2, -0.15) is 13.2 Å². The molecule has 0 aliphatic rings. The van der Waals surface area contributed by atoms with Crippen LogP contribution in [0.15, 0.2) is 22.7 Å². The summed E-state index contributed by atoms with van der Waals surface area (Å²) < 4.78 is 39.7. The van der Waals surface area contributed by atoms with Gasteiger partial charge in [-0.25, -0.2) is 0 Å². The standard InChI is InChI=1S/C11H9BrF3NOS/c1-10(17,11(13,14)15)9-8(16)7-5(12)3-2-4-6(7)18-9/h2-4,17H,16H2,1H3. The molecule has 0 fully saturated rings. The highest BCUT2D eigenvalue weighted by Crippen LogP contribution is 2.48. The van der Waals surface area contributed by atoms with Gasteiger partial charge in [0.05, 0.1) is 10.6 Å². The second-order valence-electron chi connectivity index (χ2n) is 4.03. The van der Waals surface area contributed by atoms with Crippen molar-refractivity contribution in [2.75, 3.05) is 5.73 Å². The molecule has 18 heavy (non-hydrogen) atoms. The largest absolute Gasteiger partial charge is 0.422 e. The predicted molar refractivity (Wildman–Crippen MR) is 69.6 cm³/mol. The first-order valence-corrected chi connectivity index (χ1v) is 6.53. The van der Waals surface area contributed by atoms with Gasteiger partial charge in [0.1, 0.15) is 0 Å². The number of nitrogens with two attached hydrogens (primary N) is 1. The number of fused-ring (bicyclic) bond motifs is 1. The summed E-state index contributed by atoms with van der Waals surface area (Å²) >= 11 is 4.09. The van der Waals surface area contributed by atoms with Crippen LogP contribution in [0.25, 0.3) is 10.1 Å². The molecular weight excluding hydrogens is 331 g/mol. The van der Waals surface area contributed by atoms with E-state index in [0.717, 1.165) is 11.3 Å². The fourth-order valence-corrected chi connectivity index (χ4v) is 3.55. The Morgan fingerprint density at radius 1 is 1.33 bits per heavy atom. The average Bonchev–Trinajstić information content (AvgIpc) is 2.56. The number of nitrogen functional groups attached to an aromatic ring is 1. The number of halogens is 4. The van der Waals surface area contributed by atoms with E-state index >= 15 is 0 Å². The Kier molecular flexibility index (Phi) is 3.11.